The Morgan fingerprint density at radius 2 is 1.46 bits per heavy atom. The van der Waals surface area contributed by atoms with Gasteiger partial charge in [-0.05, 0) is 19.8 Å². The summed E-state index contributed by atoms with van der Waals surface area (Å²) in [6, 6.07) is 0.873. The highest BCUT2D eigenvalue weighted by atomic mass is 28.4. The first-order valence-corrected chi connectivity index (χ1v) is 6.67. The van der Waals surface area contributed by atoms with Gasteiger partial charge in [0.15, 0.2) is 0 Å². The largest absolute Gasteiger partial charge is 0.500 e. The van der Waals surface area contributed by atoms with Crippen LogP contribution in [0.3, 0.4) is 0 Å². The third kappa shape index (κ3) is 4.76. The van der Waals surface area contributed by atoms with Gasteiger partial charge in [0.1, 0.15) is 0 Å². The summed E-state index contributed by atoms with van der Waals surface area (Å²) < 4.78 is 16.5. The number of hydrogen-bond acceptors (Lipinski definition) is 3. The van der Waals surface area contributed by atoms with Gasteiger partial charge in [-0.15, -0.1) is 0 Å². The van der Waals surface area contributed by atoms with Crippen LogP contribution in [0.4, 0.5) is 0 Å². The zero-order valence-corrected chi connectivity index (χ0v) is 10.6. The van der Waals surface area contributed by atoms with Gasteiger partial charge in [-0.3, -0.25) is 0 Å². The third-order valence-electron chi connectivity index (χ3n) is 1.70. The van der Waals surface area contributed by atoms with Gasteiger partial charge < -0.3 is 13.3 Å². The van der Waals surface area contributed by atoms with E-state index in [2.05, 4.69) is 13.8 Å². The summed E-state index contributed by atoms with van der Waals surface area (Å²) >= 11 is 0. The van der Waals surface area contributed by atoms with E-state index in [0.717, 1.165) is 6.04 Å². The highest BCUT2D eigenvalue weighted by Gasteiger charge is 2.40. The molecule has 0 aliphatic heterocycles. The van der Waals surface area contributed by atoms with Crippen molar-refractivity contribution >= 4 is 8.80 Å². The minimum Gasteiger partial charge on any atom is -0.377 e. The second-order valence-corrected chi connectivity index (χ2v) is 6.68. The fraction of sp³-hybridized carbons (Fsp3) is 1.00. The van der Waals surface area contributed by atoms with E-state index in [9.17, 15) is 0 Å². The van der Waals surface area contributed by atoms with Gasteiger partial charge in [-0.1, -0.05) is 13.8 Å². The topological polar surface area (TPSA) is 27.7 Å². The number of hydrogen-bond donors (Lipinski definition) is 0. The van der Waals surface area contributed by atoms with Gasteiger partial charge in [-0.2, -0.15) is 0 Å². The fourth-order valence-electron chi connectivity index (χ4n) is 1.25. The lowest BCUT2D eigenvalue weighted by molar-refractivity contribution is 0.0671. The Morgan fingerprint density at radius 3 is 1.69 bits per heavy atom. The minimum atomic E-state index is -2.37. The third-order valence-corrected chi connectivity index (χ3v) is 5.09. The van der Waals surface area contributed by atoms with E-state index in [1.165, 1.54) is 0 Å². The first-order chi connectivity index (χ1) is 5.95. The number of rotatable bonds is 6. The average Bonchev–Trinajstić information content (AvgIpc) is 2.01. The molecule has 0 saturated heterocycles. The smallest absolute Gasteiger partial charge is 0.377 e. The molecule has 0 amide bonds. The van der Waals surface area contributed by atoms with Crippen LogP contribution >= 0.6 is 0 Å². The SMILES string of the molecule is CO[Si](CC(C)C)(OC)OC(C)C. The van der Waals surface area contributed by atoms with Crippen molar-refractivity contribution in [2.45, 2.75) is 39.8 Å². The van der Waals surface area contributed by atoms with Crippen LogP contribution < -0.4 is 0 Å². The molecule has 0 aliphatic rings. The molecule has 0 aromatic heterocycles. The molecule has 0 aromatic carbocycles. The van der Waals surface area contributed by atoms with Gasteiger partial charge in [0, 0.05) is 26.4 Å². The molecule has 0 aromatic rings. The van der Waals surface area contributed by atoms with Crippen LogP contribution in [-0.2, 0) is 13.3 Å². The molecule has 0 rings (SSSR count). The van der Waals surface area contributed by atoms with Crippen molar-refractivity contribution in [3.63, 3.8) is 0 Å². The zero-order valence-electron chi connectivity index (χ0n) is 9.59. The Bertz CT molecular complexity index is 121. The summed E-state index contributed by atoms with van der Waals surface area (Å²) in [6.07, 6.45) is 0.158. The maximum Gasteiger partial charge on any atom is 0.500 e. The first-order valence-electron chi connectivity index (χ1n) is 4.74. The standard InChI is InChI=1S/C9H22O3Si/c1-8(2)7-13(10-5,11-6)12-9(3)4/h8-9H,7H2,1-6H3. The van der Waals surface area contributed by atoms with Gasteiger partial charge in [0.25, 0.3) is 0 Å². The molecule has 0 fully saturated rings. The maximum atomic E-state index is 5.74. The van der Waals surface area contributed by atoms with Gasteiger partial charge in [-0.25, -0.2) is 0 Å². The summed E-state index contributed by atoms with van der Waals surface area (Å²) in [6.45, 7) is 8.28. The van der Waals surface area contributed by atoms with Gasteiger partial charge in [0.2, 0.25) is 0 Å². The minimum absolute atomic E-state index is 0.158. The monoisotopic (exact) mass is 206 g/mol. The van der Waals surface area contributed by atoms with E-state index < -0.39 is 8.80 Å². The molecule has 0 aliphatic carbocycles. The molecule has 0 radical (unpaired) electrons. The molecule has 0 heterocycles. The molecule has 13 heavy (non-hydrogen) atoms. The van der Waals surface area contributed by atoms with E-state index in [1.54, 1.807) is 14.2 Å². The van der Waals surface area contributed by atoms with E-state index >= 15 is 0 Å². The molecule has 0 unspecified atom stereocenters. The summed E-state index contributed by atoms with van der Waals surface area (Å²) in [5.41, 5.74) is 0. The van der Waals surface area contributed by atoms with Crippen molar-refractivity contribution in [3.8, 4) is 0 Å². The molecule has 80 valence electrons. The van der Waals surface area contributed by atoms with Crippen LogP contribution in [-0.4, -0.2) is 29.1 Å². The molecule has 0 bridgehead atoms. The highest BCUT2D eigenvalue weighted by Crippen LogP contribution is 2.20. The second kappa shape index (κ2) is 5.75. The predicted molar refractivity (Wildman–Crippen MR) is 55.6 cm³/mol. The van der Waals surface area contributed by atoms with Gasteiger partial charge in [0.05, 0.1) is 0 Å². The Kier molecular flexibility index (Phi) is 5.79. The van der Waals surface area contributed by atoms with Crippen LogP contribution in [0.5, 0.6) is 0 Å². The molecule has 0 atom stereocenters. The zero-order chi connectivity index (χ0) is 10.5. The second-order valence-electron chi connectivity index (χ2n) is 3.86. The summed E-state index contributed by atoms with van der Waals surface area (Å²) in [7, 11) is 0.965. The lowest BCUT2D eigenvalue weighted by Gasteiger charge is -2.29. The van der Waals surface area contributed by atoms with Crippen molar-refractivity contribution in [2.24, 2.45) is 5.92 Å². The van der Waals surface area contributed by atoms with Crippen molar-refractivity contribution in [3.05, 3.63) is 0 Å². The van der Waals surface area contributed by atoms with Crippen LogP contribution in [0.1, 0.15) is 27.7 Å². The van der Waals surface area contributed by atoms with E-state index in [0.29, 0.717) is 5.92 Å². The summed E-state index contributed by atoms with van der Waals surface area (Å²) in [5, 5.41) is 0. The van der Waals surface area contributed by atoms with Crippen LogP contribution in [0.2, 0.25) is 6.04 Å². The Balaban J connectivity index is 4.30. The van der Waals surface area contributed by atoms with Crippen molar-refractivity contribution in [1.29, 1.82) is 0 Å². The van der Waals surface area contributed by atoms with E-state index in [-0.39, 0.29) is 6.10 Å². The summed E-state index contributed by atoms with van der Waals surface area (Å²) in [4.78, 5) is 0. The van der Waals surface area contributed by atoms with Crippen molar-refractivity contribution in [1.82, 2.24) is 0 Å². The molecule has 0 saturated carbocycles. The molecular weight excluding hydrogens is 184 g/mol. The predicted octanol–water partition coefficient (Wildman–Crippen LogP) is 2.30. The highest BCUT2D eigenvalue weighted by molar-refractivity contribution is 6.60. The average molecular weight is 206 g/mol. The Labute approximate surface area is 82.8 Å². The lowest BCUT2D eigenvalue weighted by atomic mass is 10.3. The van der Waals surface area contributed by atoms with Crippen LogP contribution in [0.15, 0.2) is 0 Å². The quantitative estimate of drug-likeness (QED) is 0.624. The lowest BCUT2D eigenvalue weighted by Crippen LogP contribution is -2.46. The first kappa shape index (κ1) is 13.1. The van der Waals surface area contributed by atoms with E-state index in [4.69, 9.17) is 13.3 Å². The van der Waals surface area contributed by atoms with Crippen molar-refractivity contribution < 1.29 is 13.3 Å². The van der Waals surface area contributed by atoms with Crippen LogP contribution in [0, 0.1) is 5.92 Å². The molecular formula is C9H22O3Si. The molecule has 4 heteroatoms. The normalized spacial score (nSPS) is 12.9. The van der Waals surface area contributed by atoms with Crippen LogP contribution in [0.25, 0.3) is 0 Å². The molecule has 0 N–H and O–H groups in total. The maximum absolute atomic E-state index is 5.74. The Hall–Kier alpha value is 0.0969. The summed E-state index contributed by atoms with van der Waals surface area (Å²) in [5.74, 6) is 0.533. The molecule has 3 nitrogen and oxygen atoms in total. The Morgan fingerprint density at radius 1 is 1.00 bits per heavy atom. The fourth-order valence-corrected chi connectivity index (χ4v) is 3.76. The molecule has 0 spiro atoms. The van der Waals surface area contributed by atoms with Crippen molar-refractivity contribution in [2.75, 3.05) is 14.2 Å². The van der Waals surface area contributed by atoms with Gasteiger partial charge >= 0.3 is 8.80 Å². The van der Waals surface area contributed by atoms with E-state index in [1.807, 2.05) is 13.8 Å².